The fraction of sp³-hybridized carbons (Fsp3) is 0.348. The number of benzene rings is 2. The number of hydrogen-bond donors (Lipinski definition) is 3. The summed E-state index contributed by atoms with van der Waals surface area (Å²) in [6.07, 6.45) is 2.73. The van der Waals surface area contributed by atoms with Crippen molar-refractivity contribution in [2.24, 2.45) is 4.99 Å². The van der Waals surface area contributed by atoms with E-state index in [4.69, 9.17) is 4.99 Å². The Morgan fingerprint density at radius 3 is 2.68 bits per heavy atom. The number of aromatic hydroxyl groups is 1. The number of nitrogens with zero attached hydrogens (tertiary/aromatic N) is 3. The van der Waals surface area contributed by atoms with E-state index in [0.717, 1.165) is 67.3 Å². The Morgan fingerprint density at radius 2 is 1.94 bits per heavy atom. The minimum atomic E-state index is -0.230. The van der Waals surface area contributed by atoms with Gasteiger partial charge in [-0.1, -0.05) is 12.1 Å². The van der Waals surface area contributed by atoms with E-state index in [2.05, 4.69) is 27.0 Å². The number of anilines is 1. The number of halogens is 2. The third-order valence-electron chi connectivity index (χ3n) is 5.51. The van der Waals surface area contributed by atoms with Crippen LogP contribution in [0.3, 0.4) is 0 Å². The number of para-hydroxylation sites is 2. The van der Waals surface area contributed by atoms with Gasteiger partial charge in [0.1, 0.15) is 11.6 Å². The summed E-state index contributed by atoms with van der Waals surface area (Å²) >= 11 is 0. The van der Waals surface area contributed by atoms with Crippen molar-refractivity contribution < 1.29 is 9.50 Å². The number of aliphatic imine (C=N–C) groups is 1. The molecular weight excluding hydrogens is 508 g/mol. The molecule has 6 nitrogen and oxygen atoms in total. The molecule has 0 atom stereocenters. The summed E-state index contributed by atoms with van der Waals surface area (Å²) in [5.41, 5.74) is 2.85. The van der Waals surface area contributed by atoms with Crippen molar-refractivity contribution >= 4 is 46.5 Å². The van der Waals surface area contributed by atoms with Crippen molar-refractivity contribution in [2.75, 3.05) is 44.2 Å². The summed E-state index contributed by atoms with van der Waals surface area (Å²) in [4.78, 5) is 12.4. The molecule has 1 aromatic heterocycles. The minimum Gasteiger partial charge on any atom is -0.506 e. The molecule has 4 rings (SSSR count). The van der Waals surface area contributed by atoms with E-state index < -0.39 is 0 Å². The lowest BCUT2D eigenvalue weighted by Gasteiger charge is -2.37. The highest BCUT2D eigenvalue weighted by Crippen LogP contribution is 2.27. The Bertz CT molecular complexity index is 1030. The standard InChI is InChI=1S/C23H28FN5O.HI/c1-2-25-23(26-10-9-17-16-27-20-15-18(24)7-8-19(17)20)29-13-11-28(12-14-29)21-5-3-4-6-22(21)30;/h3-8,15-16,27,30H,2,9-14H2,1H3,(H,25,26);1H. The number of rotatable bonds is 5. The molecule has 1 aliphatic heterocycles. The molecule has 0 spiro atoms. The van der Waals surface area contributed by atoms with E-state index in [0.29, 0.717) is 12.3 Å². The molecule has 2 heterocycles. The highest BCUT2D eigenvalue weighted by molar-refractivity contribution is 14.0. The summed E-state index contributed by atoms with van der Waals surface area (Å²) in [5, 5.41) is 14.5. The zero-order chi connectivity index (χ0) is 20.9. The van der Waals surface area contributed by atoms with Crippen LogP contribution < -0.4 is 10.2 Å². The van der Waals surface area contributed by atoms with Crippen LogP contribution in [0, 0.1) is 5.82 Å². The highest BCUT2D eigenvalue weighted by atomic mass is 127. The molecule has 8 heteroatoms. The molecule has 3 aromatic rings. The van der Waals surface area contributed by atoms with Crippen molar-refractivity contribution in [1.82, 2.24) is 15.2 Å². The molecule has 1 saturated heterocycles. The molecule has 166 valence electrons. The Labute approximate surface area is 199 Å². The fourth-order valence-corrected chi connectivity index (χ4v) is 3.96. The fourth-order valence-electron chi connectivity index (χ4n) is 3.96. The first-order valence-corrected chi connectivity index (χ1v) is 10.5. The van der Waals surface area contributed by atoms with Crippen molar-refractivity contribution in [3.63, 3.8) is 0 Å². The molecule has 0 radical (unpaired) electrons. The maximum absolute atomic E-state index is 13.4. The van der Waals surface area contributed by atoms with Gasteiger partial charge in [0, 0.05) is 56.4 Å². The zero-order valence-electron chi connectivity index (χ0n) is 17.6. The average Bonchev–Trinajstić information content (AvgIpc) is 3.15. The number of hydrogen-bond acceptors (Lipinski definition) is 3. The molecule has 2 aromatic carbocycles. The van der Waals surface area contributed by atoms with Crippen LogP contribution in [0.4, 0.5) is 10.1 Å². The van der Waals surface area contributed by atoms with Gasteiger partial charge in [0.25, 0.3) is 0 Å². The minimum absolute atomic E-state index is 0. The summed E-state index contributed by atoms with van der Waals surface area (Å²) in [7, 11) is 0. The maximum atomic E-state index is 13.4. The smallest absolute Gasteiger partial charge is 0.194 e. The number of phenols is 1. The van der Waals surface area contributed by atoms with Crippen LogP contribution in [0.25, 0.3) is 10.9 Å². The zero-order valence-corrected chi connectivity index (χ0v) is 20.0. The van der Waals surface area contributed by atoms with Crippen molar-refractivity contribution in [2.45, 2.75) is 13.3 Å². The van der Waals surface area contributed by atoms with Gasteiger partial charge in [0.05, 0.1) is 5.69 Å². The number of piperazine rings is 1. The van der Waals surface area contributed by atoms with E-state index in [9.17, 15) is 9.50 Å². The van der Waals surface area contributed by atoms with Crippen LogP contribution >= 0.6 is 24.0 Å². The van der Waals surface area contributed by atoms with E-state index in [1.807, 2.05) is 30.5 Å². The van der Waals surface area contributed by atoms with Crippen LogP contribution in [-0.4, -0.2) is 60.2 Å². The largest absolute Gasteiger partial charge is 0.506 e. The van der Waals surface area contributed by atoms with Crippen molar-refractivity contribution in [1.29, 1.82) is 0 Å². The van der Waals surface area contributed by atoms with Crippen LogP contribution in [0.1, 0.15) is 12.5 Å². The Morgan fingerprint density at radius 1 is 1.16 bits per heavy atom. The molecule has 0 unspecified atom stereocenters. The Hall–Kier alpha value is -2.49. The third kappa shape index (κ3) is 5.41. The third-order valence-corrected chi connectivity index (χ3v) is 5.51. The number of H-pyrrole nitrogens is 1. The van der Waals surface area contributed by atoms with Crippen LogP contribution in [0.2, 0.25) is 0 Å². The monoisotopic (exact) mass is 537 g/mol. The number of guanidine groups is 1. The topological polar surface area (TPSA) is 66.9 Å². The predicted molar refractivity (Wildman–Crippen MR) is 135 cm³/mol. The van der Waals surface area contributed by atoms with Gasteiger partial charge in [-0.2, -0.15) is 0 Å². The Balaban J connectivity index is 0.00000272. The molecule has 0 saturated carbocycles. The molecular formula is C23H29FIN5O. The number of phenolic OH excluding ortho intramolecular Hbond substituents is 1. The number of aromatic amines is 1. The van der Waals surface area contributed by atoms with E-state index in [1.165, 1.54) is 12.1 Å². The van der Waals surface area contributed by atoms with E-state index in [1.54, 1.807) is 6.07 Å². The SMILES string of the molecule is CCNC(=NCCc1c[nH]c2cc(F)ccc12)N1CCN(c2ccccc2O)CC1.I. The molecule has 0 amide bonds. The summed E-state index contributed by atoms with van der Waals surface area (Å²) in [6.45, 7) is 6.88. The van der Waals surface area contributed by atoms with Crippen molar-refractivity contribution in [3.05, 3.63) is 60.0 Å². The lowest BCUT2D eigenvalue weighted by molar-refractivity contribution is 0.370. The van der Waals surface area contributed by atoms with Gasteiger partial charge in [-0.25, -0.2) is 4.39 Å². The average molecular weight is 537 g/mol. The quantitative estimate of drug-likeness (QED) is 0.262. The predicted octanol–water partition coefficient (Wildman–Crippen LogP) is 3.96. The second kappa shape index (κ2) is 10.7. The first-order chi connectivity index (χ1) is 14.7. The number of aromatic nitrogens is 1. The van der Waals surface area contributed by atoms with Gasteiger partial charge in [0.2, 0.25) is 0 Å². The first kappa shape index (κ1) is 23.2. The van der Waals surface area contributed by atoms with Crippen LogP contribution in [0.5, 0.6) is 5.75 Å². The summed E-state index contributed by atoms with van der Waals surface area (Å²) in [6, 6.07) is 12.3. The van der Waals surface area contributed by atoms with Crippen LogP contribution in [-0.2, 0) is 6.42 Å². The second-order valence-electron chi connectivity index (χ2n) is 7.45. The maximum Gasteiger partial charge on any atom is 0.194 e. The molecule has 1 fully saturated rings. The number of nitrogens with one attached hydrogen (secondary N) is 2. The molecule has 0 aliphatic carbocycles. The molecule has 31 heavy (non-hydrogen) atoms. The van der Waals surface area contributed by atoms with Gasteiger partial charge < -0.3 is 25.2 Å². The highest BCUT2D eigenvalue weighted by Gasteiger charge is 2.21. The molecule has 3 N–H and O–H groups in total. The summed E-state index contributed by atoms with van der Waals surface area (Å²) in [5.74, 6) is 1.01. The van der Waals surface area contributed by atoms with Gasteiger partial charge in [0.15, 0.2) is 5.96 Å². The van der Waals surface area contributed by atoms with Gasteiger partial charge in [-0.05, 0) is 49.2 Å². The lowest BCUT2D eigenvalue weighted by Crippen LogP contribution is -2.52. The van der Waals surface area contributed by atoms with E-state index >= 15 is 0 Å². The van der Waals surface area contributed by atoms with Crippen molar-refractivity contribution in [3.8, 4) is 5.75 Å². The second-order valence-corrected chi connectivity index (χ2v) is 7.45. The normalized spacial score (nSPS) is 14.6. The van der Waals surface area contributed by atoms with Crippen LogP contribution in [0.15, 0.2) is 53.7 Å². The number of fused-ring (bicyclic) bond motifs is 1. The Kier molecular flexibility index (Phi) is 8.00. The van der Waals surface area contributed by atoms with Gasteiger partial charge in [-0.15, -0.1) is 24.0 Å². The summed E-state index contributed by atoms with van der Waals surface area (Å²) < 4.78 is 13.4. The first-order valence-electron chi connectivity index (χ1n) is 10.5. The van der Waals surface area contributed by atoms with Gasteiger partial charge >= 0.3 is 0 Å². The molecule has 0 bridgehead atoms. The lowest BCUT2D eigenvalue weighted by atomic mass is 10.1. The van der Waals surface area contributed by atoms with E-state index in [-0.39, 0.29) is 29.8 Å². The molecule has 1 aliphatic rings. The van der Waals surface area contributed by atoms with Gasteiger partial charge in [-0.3, -0.25) is 4.99 Å².